The van der Waals surface area contributed by atoms with E-state index >= 15 is 0 Å². The molecule has 0 aliphatic rings. The van der Waals surface area contributed by atoms with Crippen molar-refractivity contribution >= 4 is 22.7 Å². The number of thiophene rings is 1. The first-order valence-corrected chi connectivity index (χ1v) is 6.22. The molecule has 0 atom stereocenters. The summed E-state index contributed by atoms with van der Waals surface area (Å²) in [7, 11) is 1.62. The molecule has 0 aliphatic carbocycles. The van der Waals surface area contributed by atoms with Crippen LogP contribution < -0.4 is 0 Å². The van der Waals surface area contributed by atoms with Crippen molar-refractivity contribution in [2.24, 2.45) is 10.2 Å². The van der Waals surface area contributed by atoms with Gasteiger partial charge in [0.2, 0.25) is 0 Å². The van der Waals surface area contributed by atoms with E-state index < -0.39 is 0 Å². The Morgan fingerprint density at radius 2 is 2.00 bits per heavy atom. The van der Waals surface area contributed by atoms with E-state index in [-0.39, 0.29) is 0 Å². The highest BCUT2D eigenvalue weighted by Gasteiger charge is 2.08. The lowest BCUT2D eigenvalue weighted by Gasteiger charge is -2.17. The third kappa shape index (κ3) is 2.08. The van der Waals surface area contributed by atoms with Crippen molar-refractivity contribution in [3.8, 4) is 10.4 Å². The molecule has 1 heterocycles. The summed E-state index contributed by atoms with van der Waals surface area (Å²) in [5.74, 6) is 0. The fraction of sp³-hybridized carbons (Fsp3) is 0.231. The largest absolute Gasteiger partial charge is 0.697 e. The molecular weight excluding hydrogens is 230 g/mol. The van der Waals surface area contributed by atoms with E-state index in [2.05, 4.69) is 28.6 Å². The van der Waals surface area contributed by atoms with Crippen molar-refractivity contribution in [3.63, 3.8) is 0 Å². The van der Waals surface area contributed by atoms with Gasteiger partial charge in [-0.2, -0.15) is 10.2 Å². The second-order valence-electron chi connectivity index (χ2n) is 3.85. The molecule has 4 heteroatoms. The lowest BCUT2D eigenvalue weighted by Crippen LogP contribution is -1.86. The fourth-order valence-corrected chi connectivity index (χ4v) is 2.57. The van der Waals surface area contributed by atoms with E-state index in [0.29, 0.717) is 11.4 Å². The molecule has 0 amide bonds. The van der Waals surface area contributed by atoms with Gasteiger partial charge in [0.15, 0.2) is 0 Å². The van der Waals surface area contributed by atoms with Gasteiger partial charge in [0.1, 0.15) is 0 Å². The van der Waals surface area contributed by atoms with Gasteiger partial charge in [-0.05, 0) is 42.5 Å². The predicted molar refractivity (Wildman–Crippen MR) is 73.7 cm³/mol. The first kappa shape index (κ1) is 11.8. The van der Waals surface area contributed by atoms with Gasteiger partial charge in [-0.3, -0.25) is 0 Å². The smallest absolute Gasteiger partial charge is 0.0711 e. The molecule has 2 rings (SSSR count). The molecule has 0 bridgehead atoms. The molecule has 1 aromatic carbocycles. The zero-order valence-electron chi connectivity index (χ0n) is 10.1. The standard InChI is InChI=1S/C13H14N3S/c1-8-9(2)13(14)11(16-15-3)7-10(8)12-5-4-6-17-12/h4-7,14H,1-3H3/q-1. The summed E-state index contributed by atoms with van der Waals surface area (Å²) in [6.45, 7) is 4.01. The second-order valence-corrected chi connectivity index (χ2v) is 4.79. The van der Waals surface area contributed by atoms with Crippen molar-refractivity contribution in [3.05, 3.63) is 40.4 Å². The van der Waals surface area contributed by atoms with Gasteiger partial charge in [-0.15, -0.1) is 17.0 Å². The molecule has 0 unspecified atom stereocenters. The van der Waals surface area contributed by atoms with Crippen LogP contribution in [0.4, 0.5) is 11.4 Å². The van der Waals surface area contributed by atoms with Crippen LogP contribution in [-0.2, 0) is 0 Å². The van der Waals surface area contributed by atoms with Crippen LogP contribution in [0.1, 0.15) is 11.1 Å². The van der Waals surface area contributed by atoms with Gasteiger partial charge < -0.3 is 5.73 Å². The third-order valence-corrected chi connectivity index (χ3v) is 3.78. The van der Waals surface area contributed by atoms with Crippen LogP contribution in [0.2, 0.25) is 0 Å². The molecule has 0 spiro atoms. The maximum absolute atomic E-state index is 8.01. The maximum atomic E-state index is 8.01. The third-order valence-electron chi connectivity index (χ3n) is 2.87. The normalized spacial score (nSPS) is 11.2. The number of benzene rings is 1. The summed E-state index contributed by atoms with van der Waals surface area (Å²) in [6.07, 6.45) is 0. The number of azo groups is 1. The maximum Gasteiger partial charge on any atom is 0.0711 e. The highest BCUT2D eigenvalue weighted by atomic mass is 32.1. The summed E-state index contributed by atoms with van der Waals surface area (Å²) in [4.78, 5) is 1.21. The SMILES string of the molecule is CN=Nc1cc(-c2cccs2)c(C)c(C)c1[NH-]. The summed E-state index contributed by atoms with van der Waals surface area (Å²) >= 11 is 1.70. The van der Waals surface area contributed by atoms with Crippen molar-refractivity contribution in [2.45, 2.75) is 13.8 Å². The molecule has 0 radical (unpaired) electrons. The molecule has 0 saturated heterocycles. The monoisotopic (exact) mass is 244 g/mol. The lowest BCUT2D eigenvalue weighted by atomic mass is 9.99. The Hall–Kier alpha value is -1.68. The molecule has 17 heavy (non-hydrogen) atoms. The minimum atomic E-state index is 0.466. The molecule has 1 aromatic heterocycles. The van der Waals surface area contributed by atoms with Crippen LogP contribution in [0, 0.1) is 13.8 Å². The second kappa shape index (κ2) is 4.67. The van der Waals surface area contributed by atoms with Crippen molar-refractivity contribution in [1.29, 1.82) is 0 Å². The minimum Gasteiger partial charge on any atom is -0.697 e. The summed E-state index contributed by atoms with van der Waals surface area (Å²) in [5.41, 5.74) is 12.4. The first-order chi connectivity index (χ1) is 8.15. The summed E-state index contributed by atoms with van der Waals surface area (Å²) < 4.78 is 0. The molecule has 2 aromatic rings. The summed E-state index contributed by atoms with van der Waals surface area (Å²) in [5, 5.41) is 9.84. The molecule has 0 aliphatic heterocycles. The van der Waals surface area contributed by atoms with Crippen molar-refractivity contribution < 1.29 is 0 Å². The molecule has 0 fully saturated rings. The zero-order chi connectivity index (χ0) is 12.4. The molecular formula is C13H14N3S-. The van der Waals surface area contributed by atoms with Crippen molar-refractivity contribution in [1.82, 2.24) is 0 Å². The van der Waals surface area contributed by atoms with Crippen LogP contribution in [0.25, 0.3) is 16.2 Å². The first-order valence-electron chi connectivity index (χ1n) is 5.34. The Labute approximate surface area is 105 Å². The number of hydrogen-bond acceptors (Lipinski definition) is 3. The highest BCUT2D eigenvalue weighted by Crippen LogP contribution is 2.40. The molecule has 88 valence electrons. The molecule has 0 saturated carbocycles. The van der Waals surface area contributed by atoms with Crippen LogP contribution in [0.15, 0.2) is 33.8 Å². The molecule has 3 nitrogen and oxygen atoms in total. The van der Waals surface area contributed by atoms with E-state index in [1.807, 2.05) is 19.1 Å². The number of nitrogens with one attached hydrogen (secondary N) is 1. The topological polar surface area (TPSA) is 48.5 Å². The average molecular weight is 244 g/mol. The van der Waals surface area contributed by atoms with Gasteiger partial charge in [0, 0.05) is 11.9 Å². The van der Waals surface area contributed by atoms with E-state index in [1.165, 1.54) is 4.88 Å². The lowest BCUT2D eigenvalue weighted by molar-refractivity contribution is 1.16. The fourth-order valence-electron chi connectivity index (χ4n) is 1.77. The zero-order valence-corrected chi connectivity index (χ0v) is 10.9. The number of hydrogen-bond donors (Lipinski definition) is 0. The molecule has 1 N–H and O–H groups in total. The van der Waals surface area contributed by atoms with Crippen LogP contribution in [0.5, 0.6) is 0 Å². The van der Waals surface area contributed by atoms with E-state index in [0.717, 1.165) is 16.7 Å². The minimum absolute atomic E-state index is 0.466. The number of nitrogens with zero attached hydrogens (tertiary/aromatic N) is 2. The van der Waals surface area contributed by atoms with Gasteiger partial charge in [0.05, 0.1) is 5.69 Å². The Morgan fingerprint density at radius 1 is 1.24 bits per heavy atom. The van der Waals surface area contributed by atoms with Gasteiger partial charge in [-0.25, -0.2) is 0 Å². The van der Waals surface area contributed by atoms with Crippen LogP contribution in [0.3, 0.4) is 0 Å². The van der Waals surface area contributed by atoms with Gasteiger partial charge in [-0.1, -0.05) is 11.6 Å². The van der Waals surface area contributed by atoms with Crippen molar-refractivity contribution in [2.75, 3.05) is 7.05 Å². The Kier molecular flexibility index (Phi) is 3.24. The number of rotatable bonds is 2. The highest BCUT2D eigenvalue weighted by molar-refractivity contribution is 7.13. The Bertz CT molecular complexity index is 557. The Balaban J connectivity index is 2.68. The van der Waals surface area contributed by atoms with E-state index in [4.69, 9.17) is 5.73 Å². The van der Waals surface area contributed by atoms with Gasteiger partial charge >= 0.3 is 0 Å². The predicted octanol–water partition coefficient (Wildman–Crippen LogP) is 5.43. The van der Waals surface area contributed by atoms with Gasteiger partial charge in [0.25, 0.3) is 0 Å². The Morgan fingerprint density at radius 3 is 2.59 bits per heavy atom. The average Bonchev–Trinajstić information content (AvgIpc) is 2.83. The van der Waals surface area contributed by atoms with Crippen LogP contribution >= 0.6 is 11.3 Å². The van der Waals surface area contributed by atoms with Crippen LogP contribution in [-0.4, -0.2) is 7.05 Å². The quantitative estimate of drug-likeness (QED) is 0.632. The summed E-state index contributed by atoms with van der Waals surface area (Å²) in [6, 6.07) is 6.07. The van der Waals surface area contributed by atoms with E-state index in [1.54, 1.807) is 18.4 Å². The van der Waals surface area contributed by atoms with E-state index in [9.17, 15) is 0 Å².